The van der Waals surface area contributed by atoms with Crippen LogP contribution in [0.5, 0.6) is 0 Å². The first-order valence-electron chi connectivity index (χ1n) is 8.33. The fourth-order valence-electron chi connectivity index (χ4n) is 2.82. The average Bonchev–Trinajstić information content (AvgIpc) is 2.68. The molecule has 0 amide bonds. The molecule has 1 heterocycles. The Hall–Kier alpha value is -2.87. The summed E-state index contributed by atoms with van der Waals surface area (Å²) in [7, 11) is 0. The van der Waals surface area contributed by atoms with Gasteiger partial charge in [0.05, 0.1) is 5.56 Å². The highest BCUT2D eigenvalue weighted by atomic mass is 19.4. The molecule has 0 aromatic heterocycles. The topological polar surface area (TPSA) is 79.5 Å². The Labute approximate surface area is 154 Å². The molecule has 27 heavy (non-hydrogen) atoms. The van der Waals surface area contributed by atoms with Crippen LogP contribution in [0.1, 0.15) is 23.1 Å². The van der Waals surface area contributed by atoms with Crippen LogP contribution in [0.2, 0.25) is 0 Å². The molecule has 1 atom stereocenters. The highest BCUT2D eigenvalue weighted by Gasteiger charge is 2.35. The van der Waals surface area contributed by atoms with E-state index in [0.717, 1.165) is 18.6 Å². The number of hydrogen-bond donors (Lipinski definition) is 3. The summed E-state index contributed by atoms with van der Waals surface area (Å²) in [5.41, 5.74) is 4.14. The van der Waals surface area contributed by atoms with E-state index in [1.165, 1.54) is 6.07 Å². The number of hydrogen-bond acceptors (Lipinski definition) is 5. The minimum Gasteiger partial charge on any atom is -0.356 e. The van der Waals surface area contributed by atoms with E-state index < -0.39 is 17.3 Å². The third-order valence-electron chi connectivity index (χ3n) is 4.28. The molecule has 8 heteroatoms. The highest BCUT2D eigenvalue weighted by Crippen LogP contribution is 2.35. The first-order valence-corrected chi connectivity index (χ1v) is 8.33. The predicted octanol–water partition coefficient (Wildman–Crippen LogP) is 2.67. The molecule has 2 aromatic carbocycles. The Morgan fingerprint density at radius 1 is 1.15 bits per heavy atom. The maximum Gasteiger partial charge on any atom is 0.416 e. The van der Waals surface area contributed by atoms with E-state index in [2.05, 4.69) is 21.7 Å². The van der Waals surface area contributed by atoms with Gasteiger partial charge in [-0.3, -0.25) is 4.99 Å². The number of carbonyl (C=O) groups excluding carboxylic acids is 1. The Morgan fingerprint density at radius 2 is 1.85 bits per heavy atom. The van der Waals surface area contributed by atoms with Crippen molar-refractivity contribution in [2.24, 2.45) is 10.7 Å². The molecular weight excluding hydrogens is 357 g/mol. The third-order valence-corrected chi connectivity index (χ3v) is 4.28. The Morgan fingerprint density at radius 3 is 2.44 bits per heavy atom. The first-order chi connectivity index (χ1) is 12.8. The lowest BCUT2D eigenvalue weighted by Gasteiger charge is -2.26. The van der Waals surface area contributed by atoms with Crippen molar-refractivity contribution in [2.75, 3.05) is 18.4 Å². The zero-order valence-corrected chi connectivity index (χ0v) is 14.3. The molecule has 0 saturated carbocycles. The van der Waals surface area contributed by atoms with E-state index in [0.29, 0.717) is 30.9 Å². The van der Waals surface area contributed by atoms with Crippen LogP contribution in [0.3, 0.4) is 0 Å². The molecule has 0 spiro atoms. The molecule has 1 unspecified atom stereocenters. The van der Waals surface area contributed by atoms with Crippen molar-refractivity contribution in [1.82, 2.24) is 5.32 Å². The van der Waals surface area contributed by atoms with Gasteiger partial charge in [0, 0.05) is 18.8 Å². The van der Waals surface area contributed by atoms with Crippen LogP contribution in [0.4, 0.5) is 18.9 Å². The summed E-state index contributed by atoms with van der Waals surface area (Å²) in [5.74, 6) is 0.384. The summed E-state index contributed by atoms with van der Waals surface area (Å²) in [6, 6.07) is 12.3. The van der Waals surface area contributed by atoms with Crippen LogP contribution in [0.25, 0.3) is 0 Å². The van der Waals surface area contributed by atoms with Gasteiger partial charge in [-0.1, -0.05) is 24.3 Å². The largest absolute Gasteiger partial charge is 0.416 e. The van der Waals surface area contributed by atoms with Crippen LogP contribution < -0.4 is 16.4 Å². The summed E-state index contributed by atoms with van der Waals surface area (Å²) >= 11 is 0. The summed E-state index contributed by atoms with van der Waals surface area (Å²) in [4.78, 5) is 16.0. The van der Waals surface area contributed by atoms with Gasteiger partial charge in [-0.15, -0.1) is 0 Å². The van der Waals surface area contributed by atoms with Gasteiger partial charge < -0.3 is 21.2 Å². The zero-order chi connectivity index (χ0) is 19.5. The molecule has 1 aliphatic rings. The summed E-state index contributed by atoms with van der Waals surface area (Å²) in [5, 5.41) is 5.82. The van der Waals surface area contributed by atoms with Gasteiger partial charge in [-0.2, -0.15) is 13.2 Å². The smallest absolute Gasteiger partial charge is 0.356 e. The third kappa shape index (κ3) is 4.11. The summed E-state index contributed by atoms with van der Waals surface area (Å²) in [6.07, 6.45) is -3.30. The number of benzene rings is 2. The Balaban J connectivity index is 2.09. The normalized spacial score (nSPS) is 16.7. The van der Waals surface area contributed by atoms with Crippen LogP contribution in [0, 0.1) is 6.07 Å². The Bertz CT molecular complexity index is 852. The van der Waals surface area contributed by atoms with Crippen molar-refractivity contribution in [2.45, 2.75) is 18.1 Å². The number of anilines is 1. The van der Waals surface area contributed by atoms with Crippen molar-refractivity contribution in [3.8, 4) is 0 Å². The number of aliphatic imine (C=N–C) groups is 1. The maximum atomic E-state index is 13.4. The molecule has 1 radical (unpaired) electrons. The number of nitrogens with one attached hydrogen (secondary N) is 2. The first kappa shape index (κ1) is 18.9. The number of halogens is 3. The minimum atomic E-state index is -4.59. The fourth-order valence-corrected chi connectivity index (χ4v) is 2.82. The van der Waals surface area contributed by atoms with Crippen LogP contribution >= 0.6 is 0 Å². The SMILES string of the molecule is NC(C=O)(c1cc[c]cc1)c1cc(NC2=NCCCN2)cc(C(F)(F)F)c1. The van der Waals surface area contributed by atoms with E-state index in [4.69, 9.17) is 5.73 Å². The van der Waals surface area contributed by atoms with Crippen LogP contribution in [-0.4, -0.2) is 25.3 Å². The van der Waals surface area contributed by atoms with Gasteiger partial charge in [-0.25, -0.2) is 0 Å². The molecule has 3 rings (SSSR count). The lowest BCUT2D eigenvalue weighted by molar-refractivity contribution is -0.137. The minimum absolute atomic E-state index is 0.0254. The van der Waals surface area contributed by atoms with Crippen molar-refractivity contribution in [3.63, 3.8) is 0 Å². The molecule has 0 aliphatic carbocycles. The highest BCUT2D eigenvalue weighted by molar-refractivity contribution is 5.94. The van der Waals surface area contributed by atoms with Gasteiger partial charge in [-0.05, 0) is 41.8 Å². The van der Waals surface area contributed by atoms with Crippen molar-refractivity contribution >= 4 is 17.9 Å². The average molecular weight is 375 g/mol. The number of rotatable bonds is 4. The molecule has 1 aliphatic heterocycles. The molecule has 0 bridgehead atoms. The molecule has 5 nitrogen and oxygen atoms in total. The standard InChI is InChI=1S/C19H18F3N4O/c20-19(21,22)15-9-14(18(23,12-27)13-5-2-1-3-6-13)10-16(11-15)26-17-24-7-4-8-25-17/h2-3,5-6,9-12H,4,7-8,23H2,(H2,24,25,26). The van der Waals surface area contributed by atoms with Gasteiger partial charge in [0.2, 0.25) is 0 Å². The second-order valence-corrected chi connectivity index (χ2v) is 6.21. The van der Waals surface area contributed by atoms with Crippen LogP contribution in [0.15, 0.2) is 47.5 Å². The quantitative estimate of drug-likeness (QED) is 0.718. The number of aldehydes is 1. The van der Waals surface area contributed by atoms with Gasteiger partial charge >= 0.3 is 6.18 Å². The van der Waals surface area contributed by atoms with Gasteiger partial charge in [0.1, 0.15) is 11.8 Å². The number of nitrogens with zero attached hydrogens (tertiary/aromatic N) is 1. The van der Waals surface area contributed by atoms with E-state index in [9.17, 15) is 18.0 Å². The van der Waals surface area contributed by atoms with Crippen molar-refractivity contribution < 1.29 is 18.0 Å². The van der Waals surface area contributed by atoms with Crippen molar-refractivity contribution in [3.05, 3.63) is 65.2 Å². The molecular formula is C19H18F3N4O. The Kier molecular flexibility index (Phi) is 5.18. The van der Waals surface area contributed by atoms with Crippen molar-refractivity contribution in [1.29, 1.82) is 0 Å². The molecule has 4 N–H and O–H groups in total. The van der Waals surface area contributed by atoms with Crippen LogP contribution in [-0.2, 0) is 16.5 Å². The monoisotopic (exact) mass is 375 g/mol. The predicted molar refractivity (Wildman–Crippen MR) is 96.3 cm³/mol. The molecule has 2 aromatic rings. The molecule has 0 saturated heterocycles. The number of guanidine groups is 1. The van der Waals surface area contributed by atoms with E-state index in [1.54, 1.807) is 24.3 Å². The molecule has 0 fully saturated rings. The number of alkyl halides is 3. The number of nitrogens with two attached hydrogens (primary N) is 1. The lowest BCUT2D eigenvalue weighted by Crippen LogP contribution is -2.40. The maximum absolute atomic E-state index is 13.4. The fraction of sp³-hybridized carbons (Fsp3) is 0.263. The lowest BCUT2D eigenvalue weighted by atomic mass is 9.84. The second kappa shape index (κ2) is 7.40. The zero-order valence-electron chi connectivity index (χ0n) is 14.3. The van der Waals surface area contributed by atoms with Gasteiger partial charge in [0.25, 0.3) is 0 Å². The van der Waals surface area contributed by atoms with E-state index >= 15 is 0 Å². The second-order valence-electron chi connectivity index (χ2n) is 6.21. The van der Waals surface area contributed by atoms with Gasteiger partial charge in [0.15, 0.2) is 5.96 Å². The molecule has 141 valence electrons. The summed E-state index contributed by atoms with van der Waals surface area (Å²) in [6.45, 7) is 1.25. The number of carbonyl (C=O) groups is 1. The summed E-state index contributed by atoms with van der Waals surface area (Å²) < 4.78 is 40.2. The van der Waals surface area contributed by atoms with E-state index in [1.807, 2.05) is 0 Å². The van der Waals surface area contributed by atoms with E-state index in [-0.39, 0.29) is 11.3 Å².